The Bertz CT molecular complexity index is 110. The summed E-state index contributed by atoms with van der Waals surface area (Å²) in [6.07, 6.45) is 0. The van der Waals surface area contributed by atoms with E-state index < -0.39 is 0 Å². The molecule has 0 radical (unpaired) electrons. The van der Waals surface area contributed by atoms with Crippen molar-refractivity contribution >= 4 is 0 Å². The minimum Gasteiger partial charge on any atom is -0.315 e. The maximum atomic E-state index is 6.60. The van der Waals surface area contributed by atoms with Crippen LogP contribution >= 0.6 is 0 Å². The van der Waals surface area contributed by atoms with E-state index in [1.54, 1.807) is 0 Å². The molecule has 0 saturated carbocycles. The first-order valence-corrected chi connectivity index (χ1v) is 3.21. The molecule has 50 valence electrons. The summed E-state index contributed by atoms with van der Waals surface area (Å²) in [5.74, 6) is 0. The standard InChI is InChI=1S/C6H11N3/c1-7-4-6-5-8-2-3-9-6/h6,8-9H,2-5H2/t6-/m0/s1. The third-order valence-electron chi connectivity index (χ3n) is 1.44. The summed E-state index contributed by atoms with van der Waals surface area (Å²) in [6, 6.07) is 0.385. The van der Waals surface area contributed by atoms with Gasteiger partial charge in [-0.1, -0.05) is 0 Å². The van der Waals surface area contributed by atoms with Crippen molar-refractivity contribution in [2.24, 2.45) is 0 Å². The van der Waals surface area contributed by atoms with E-state index in [-0.39, 0.29) is 0 Å². The highest BCUT2D eigenvalue weighted by Crippen LogP contribution is 1.86. The van der Waals surface area contributed by atoms with Gasteiger partial charge in [0, 0.05) is 19.6 Å². The Morgan fingerprint density at radius 1 is 1.56 bits per heavy atom. The molecule has 9 heavy (non-hydrogen) atoms. The lowest BCUT2D eigenvalue weighted by molar-refractivity contribution is 0.436. The molecule has 0 amide bonds. The van der Waals surface area contributed by atoms with Crippen LogP contribution in [0.25, 0.3) is 4.85 Å². The molecule has 2 N–H and O–H groups in total. The summed E-state index contributed by atoms with van der Waals surface area (Å²) in [7, 11) is 0. The van der Waals surface area contributed by atoms with E-state index in [0.717, 1.165) is 19.6 Å². The van der Waals surface area contributed by atoms with Gasteiger partial charge in [0.1, 0.15) is 0 Å². The van der Waals surface area contributed by atoms with E-state index in [1.807, 2.05) is 0 Å². The lowest BCUT2D eigenvalue weighted by Gasteiger charge is -2.19. The van der Waals surface area contributed by atoms with Crippen molar-refractivity contribution in [3.63, 3.8) is 0 Å². The van der Waals surface area contributed by atoms with E-state index in [1.165, 1.54) is 0 Å². The molecule has 1 heterocycles. The molecule has 0 aromatic heterocycles. The maximum Gasteiger partial charge on any atom is 0.231 e. The Morgan fingerprint density at radius 2 is 2.44 bits per heavy atom. The summed E-state index contributed by atoms with van der Waals surface area (Å²) in [4.78, 5) is 3.31. The largest absolute Gasteiger partial charge is 0.315 e. The summed E-state index contributed by atoms with van der Waals surface area (Å²) in [5, 5.41) is 6.46. The average Bonchev–Trinajstić information content (AvgIpc) is 1.91. The number of nitrogens with zero attached hydrogens (tertiary/aromatic N) is 1. The van der Waals surface area contributed by atoms with E-state index in [0.29, 0.717) is 12.6 Å². The number of hydrogen-bond acceptors (Lipinski definition) is 2. The molecule has 1 atom stereocenters. The van der Waals surface area contributed by atoms with Crippen molar-refractivity contribution in [1.29, 1.82) is 0 Å². The van der Waals surface area contributed by atoms with Gasteiger partial charge in [0.2, 0.25) is 6.54 Å². The SMILES string of the molecule is [C-]#[N+]C[C@H]1CNCCN1. The zero-order valence-electron chi connectivity index (χ0n) is 5.35. The molecule has 0 unspecified atom stereocenters. The second kappa shape index (κ2) is 3.44. The van der Waals surface area contributed by atoms with Crippen LogP contribution in [-0.4, -0.2) is 32.2 Å². The fourth-order valence-electron chi connectivity index (χ4n) is 0.952. The monoisotopic (exact) mass is 125 g/mol. The van der Waals surface area contributed by atoms with Gasteiger partial charge in [0.05, 0.1) is 6.04 Å². The first-order chi connectivity index (χ1) is 4.43. The van der Waals surface area contributed by atoms with Crippen LogP contribution in [0.5, 0.6) is 0 Å². The molecule has 3 nitrogen and oxygen atoms in total. The van der Waals surface area contributed by atoms with Crippen molar-refractivity contribution in [3.05, 3.63) is 11.4 Å². The van der Waals surface area contributed by atoms with Gasteiger partial charge in [-0.15, -0.1) is 0 Å². The summed E-state index contributed by atoms with van der Waals surface area (Å²) in [6.45, 7) is 10.2. The lowest BCUT2D eigenvalue weighted by atomic mass is 10.2. The Balaban J connectivity index is 2.17. The molecule has 1 aliphatic rings. The first-order valence-electron chi connectivity index (χ1n) is 3.21. The summed E-state index contributed by atoms with van der Waals surface area (Å²) < 4.78 is 0. The second-order valence-electron chi connectivity index (χ2n) is 2.20. The van der Waals surface area contributed by atoms with Crippen LogP contribution in [0.1, 0.15) is 0 Å². The van der Waals surface area contributed by atoms with Crippen molar-refractivity contribution in [2.75, 3.05) is 26.2 Å². The molecule has 1 saturated heterocycles. The zero-order valence-corrected chi connectivity index (χ0v) is 5.35. The highest BCUT2D eigenvalue weighted by Gasteiger charge is 2.12. The third kappa shape index (κ3) is 2.00. The van der Waals surface area contributed by atoms with Crippen LogP contribution in [0.4, 0.5) is 0 Å². The quantitative estimate of drug-likeness (QED) is 0.461. The van der Waals surface area contributed by atoms with Gasteiger partial charge < -0.3 is 15.5 Å². The Hall–Kier alpha value is -0.590. The van der Waals surface area contributed by atoms with Gasteiger partial charge in [-0.2, -0.15) is 0 Å². The molecule has 1 aliphatic heterocycles. The molecule has 3 heteroatoms. The minimum absolute atomic E-state index is 0.385. The molecule has 1 fully saturated rings. The molecule has 0 aromatic rings. The van der Waals surface area contributed by atoms with Crippen LogP contribution in [0, 0.1) is 6.57 Å². The Labute approximate surface area is 55.3 Å². The minimum atomic E-state index is 0.385. The number of rotatable bonds is 1. The molecule has 0 aliphatic carbocycles. The van der Waals surface area contributed by atoms with Gasteiger partial charge in [-0.05, 0) is 0 Å². The first kappa shape index (κ1) is 6.53. The number of nitrogens with one attached hydrogen (secondary N) is 2. The van der Waals surface area contributed by atoms with E-state index in [4.69, 9.17) is 6.57 Å². The fraction of sp³-hybridized carbons (Fsp3) is 0.833. The van der Waals surface area contributed by atoms with Gasteiger partial charge in [-0.3, -0.25) is 0 Å². The fourth-order valence-corrected chi connectivity index (χ4v) is 0.952. The van der Waals surface area contributed by atoms with E-state index in [2.05, 4.69) is 15.5 Å². The lowest BCUT2D eigenvalue weighted by Crippen LogP contribution is -2.49. The predicted molar refractivity (Wildman–Crippen MR) is 36.1 cm³/mol. The van der Waals surface area contributed by atoms with Crippen molar-refractivity contribution in [2.45, 2.75) is 6.04 Å². The topological polar surface area (TPSA) is 28.4 Å². The molecule has 0 spiro atoms. The number of hydrogen-bond donors (Lipinski definition) is 2. The average molecular weight is 125 g/mol. The van der Waals surface area contributed by atoms with Crippen LogP contribution < -0.4 is 10.6 Å². The van der Waals surface area contributed by atoms with Crippen molar-refractivity contribution < 1.29 is 0 Å². The van der Waals surface area contributed by atoms with E-state index in [9.17, 15) is 0 Å². The summed E-state index contributed by atoms with van der Waals surface area (Å²) >= 11 is 0. The van der Waals surface area contributed by atoms with Gasteiger partial charge in [0.25, 0.3) is 0 Å². The van der Waals surface area contributed by atoms with Crippen molar-refractivity contribution in [3.8, 4) is 0 Å². The maximum absolute atomic E-state index is 6.60. The van der Waals surface area contributed by atoms with Gasteiger partial charge in [0.15, 0.2) is 0 Å². The molecule has 0 bridgehead atoms. The predicted octanol–water partition coefficient (Wildman–Crippen LogP) is -0.533. The smallest absolute Gasteiger partial charge is 0.231 e. The highest BCUT2D eigenvalue weighted by molar-refractivity contribution is 4.81. The molecule has 0 aromatic carbocycles. The third-order valence-corrected chi connectivity index (χ3v) is 1.44. The van der Waals surface area contributed by atoms with E-state index >= 15 is 0 Å². The van der Waals surface area contributed by atoms with Crippen LogP contribution in [-0.2, 0) is 0 Å². The van der Waals surface area contributed by atoms with Crippen LogP contribution in [0.15, 0.2) is 0 Å². The van der Waals surface area contributed by atoms with Crippen molar-refractivity contribution in [1.82, 2.24) is 10.6 Å². The van der Waals surface area contributed by atoms with Crippen LogP contribution in [0.3, 0.4) is 0 Å². The molecular weight excluding hydrogens is 114 g/mol. The zero-order chi connectivity index (χ0) is 6.53. The Morgan fingerprint density at radius 3 is 3.00 bits per heavy atom. The normalized spacial score (nSPS) is 27.2. The Kier molecular flexibility index (Phi) is 2.49. The van der Waals surface area contributed by atoms with Gasteiger partial charge >= 0.3 is 0 Å². The molecular formula is C6H11N3. The second-order valence-corrected chi connectivity index (χ2v) is 2.20. The molecule has 1 rings (SSSR count). The highest BCUT2D eigenvalue weighted by atomic mass is 15.1. The van der Waals surface area contributed by atoms with Crippen LogP contribution in [0.2, 0.25) is 0 Å². The summed E-state index contributed by atoms with van der Waals surface area (Å²) in [5.41, 5.74) is 0. The number of piperazine rings is 1. The van der Waals surface area contributed by atoms with Gasteiger partial charge in [-0.25, -0.2) is 6.57 Å².